The maximum absolute atomic E-state index is 12.9. The van der Waals surface area contributed by atoms with Crippen molar-refractivity contribution in [2.75, 3.05) is 19.6 Å². The Labute approximate surface area is 165 Å². The highest BCUT2D eigenvalue weighted by Crippen LogP contribution is 2.28. The van der Waals surface area contributed by atoms with Gasteiger partial charge in [-0.1, -0.05) is 19.0 Å². The van der Waals surface area contributed by atoms with Crippen LogP contribution in [0, 0.1) is 25.7 Å². The summed E-state index contributed by atoms with van der Waals surface area (Å²) in [5.41, 5.74) is 0.289. The Morgan fingerprint density at radius 1 is 1.32 bits per heavy atom. The van der Waals surface area contributed by atoms with Crippen molar-refractivity contribution in [3.05, 3.63) is 11.5 Å². The van der Waals surface area contributed by atoms with Gasteiger partial charge in [0.25, 0.3) is 5.91 Å². The van der Waals surface area contributed by atoms with Crippen LogP contribution in [0.3, 0.4) is 0 Å². The van der Waals surface area contributed by atoms with Crippen molar-refractivity contribution in [3.8, 4) is 0 Å². The first-order valence-corrected chi connectivity index (χ1v) is 10.9. The fourth-order valence-corrected chi connectivity index (χ4v) is 4.91. The molecule has 2 atom stereocenters. The lowest BCUT2D eigenvalue weighted by molar-refractivity contribution is -0.159. The molecule has 1 amide bonds. The molecular weight excluding hydrogens is 386 g/mol. The van der Waals surface area contributed by atoms with Gasteiger partial charge >= 0.3 is 5.97 Å². The molecule has 28 heavy (non-hydrogen) atoms. The van der Waals surface area contributed by atoms with Crippen molar-refractivity contribution in [1.82, 2.24) is 14.8 Å². The maximum atomic E-state index is 12.9. The van der Waals surface area contributed by atoms with Crippen LogP contribution in [0.4, 0.5) is 0 Å². The minimum absolute atomic E-state index is 0.00552. The van der Waals surface area contributed by atoms with E-state index in [0.29, 0.717) is 25.9 Å². The summed E-state index contributed by atoms with van der Waals surface area (Å²) >= 11 is 0. The molecule has 1 aliphatic rings. The lowest BCUT2D eigenvalue weighted by atomic mass is 10.00. The summed E-state index contributed by atoms with van der Waals surface area (Å²) in [4.78, 5) is 24.5. The Morgan fingerprint density at radius 3 is 2.57 bits per heavy atom. The lowest BCUT2D eigenvalue weighted by Gasteiger charge is -2.31. The molecule has 0 aliphatic carbocycles. The molecule has 2 rings (SSSR count). The number of hydrogen-bond donors (Lipinski definition) is 1. The van der Waals surface area contributed by atoms with E-state index in [-0.39, 0.29) is 34.7 Å². The molecule has 158 valence electrons. The van der Waals surface area contributed by atoms with Gasteiger partial charge in [-0.15, -0.1) is 0 Å². The zero-order valence-corrected chi connectivity index (χ0v) is 17.8. The van der Waals surface area contributed by atoms with Crippen LogP contribution >= 0.6 is 0 Å². The number of carbonyl (C=O) groups excluding carboxylic acids is 2. The van der Waals surface area contributed by atoms with Crippen molar-refractivity contribution >= 4 is 21.9 Å². The van der Waals surface area contributed by atoms with E-state index in [1.165, 1.54) is 11.2 Å². The number of ether oxygens (including phenoxy) is 1. The number of nitrogens with zero attached hydrogens (tertiary/aromatic N) is 2. The van der Waals surface area contributed by atoms with E-state index in [0.717, 1.165) is 0 Å². The van der Waals surface area contributed by atoms with Gasteiger partial charge in [-0.2, -0.15) is 4.31 Å². The Bertz CT molecular complexity index is 798. The summed E-state index contributed by atoms with van der Waals surface area (Å²) < 4.78 is 37.4. The average molecular weight is 416 g/mol. The summed E-state index contributed by atoms with van der Waals surface area (Å²) in [7, 11) is -3.82. The number of nitrogens with one attached hydrogen (secondary N) is 1. The van der Waals surface area contributed by atoms with E-state index in [2.05, 4.69) is 10.5 Å². The zero-order chi connectivity index (χ0) is 21.1. The molecule has 0 aromatic carbocycles. The van der Waals surface area contributed by atoms with E-state index in [1.54, 1.807) is 13.8 Å². The molecular formula is C18H29N3O6S. The third-order valence-corrected chi connectivity index (χ3v) is 6.74. The predicted molar refractivity (Wildman–Crippen MR) is 101 cm³/mol. The van der Waals surface area contributed by atoms with Crippen molar-refractivity contribution in [2.45, 2.75) is 58.5 Å². The predicted octanol–water partition coefficient (Wildman–Crippen LogP) is 1.40. The van der Waals surface area contributed by atoms with Crippen LogP contribution in [0.5, 0.6) is 0 Å². The zero-order valence-electron chi connectivity index (χ0n) is 17.0. The second-order valence-electron chi connectivity index (χ2n) is 7.57. The average Bonchev–Trinajstić information content (AvgIpc) is 2.98. The number of piperidine rings is 1. The number of aromatic nitrogens is 1. The molecule has 1 N–H and O–H groups in total. The Morgan fingerprint density at radius 2 is 2.00 bits per heavy atom. The third-order valence-electron chi connectivity index (χ3n) is 4.63. The minimum Gasteiger partial charge on any atom is -0.452 e. The molecule has 0 saturated carbocycles. The third kappa shape index (κ3) is 5.11. The molecule has 1 aromatic rings. The van der Waals surface area contributed by atoms with Crippen LogP contribution in [0.15, 0.2) is 9.42 Å². The van der Waals surface area contributed by atoms with Crippen LogP contribution in [-0.2, 0) is 24.3 Å². The van der Waals surface area contributed by atoms with Gasteiger partial charge in [0.05, 0.1) is 5.92 Å². The number of aryl methyl sites for hydroxylation is 2. The molecule has 1 aromatic heterocycles. The van der Waals surface area contributed by atoms with Gasteiger partial charge in [-0.05, 0) is 39.5 Å². The Balaban J connectivity index is 2.02. The fraction of sp³-hybridized carbons (Fsp3) is 0.722. The van der Waals surface area contributed by atoms with Crippen LogP contribution in [-0.4, -0.2) is 55.5 Å². The molecule has 0 radical (unpaired) electrons. The van der Waals surface area contributed by atoms with Gasteiger partial charge in [0.1, 0.15) is 10.6 Å². The molecule has 2 unspecified atom stereocenters. The van der Waals surface area contributed by atoms with Gasteiger partial charge in [-0.3, -0.25) is 9.59 Å². The topological polar surface area (TPSA) is 119 Å². The van der Waals surface area contributed by atoms with E-state index in [9.17, 15) is 18.0 Å². The van der Waals surface area contributed by atoms with E-state index < -0.39 is 28.0 Å². The lowest BCUT2D eigenvalue weighted by Crippen LogP contribution is -2.44. The van der Waals surface area contributed by atoms with E-state index in [1.807, 2.05) is 13.8 Å². The fourth-order valence-electron chi connectivity index (χ4n) is 3.10. The molecule has 10 heteroatoms. The largest absolute Gasteiger partial charge is 0.452 e. The second kappa shape index (κ2) is 9.04. The van der Waals surface area contributed by atoms with Crippen molar-refractivity contribution in [3.63, 3.8) is 0 Å². The number of esters is 1. The van der Waals surface area contributed by atoms with Gasteiger partial charge in [0.2, 0.25) is 10.0 Å². The van der Waals surface area contributed by atoms with Crippen molar-refractivity contribution < 1.29 is 27.3 Å². The van der Waals surface area contributed by atoms with Gasteiger partial charge in [0.15, 0.2) is 11.9 Å². The smallest absolute Gasteiger partial charge is 0.311 e. The molecule has 1 saturated heterocycles. The molecule has 1 fully saturated rings. The SMILES string of the molecule is Cc1noc(C)c1S(=O)(=O)N1CCCC(C(=O)OC(C)C(=O)NCC(C)C)C1. The number of carbonyl (C=O) groups is 2. The quantitative estimate of drug-likeness (QED) is 0.669. The van der Waals surface area contributed by atoms with Crippen LogP contribution in [0.2, 0.25) is 0 Å². The number of sulfonamides is 1. The minimum atomic E-state index is -3.82. The normalized spacial score (nSPS) is 19.4. The van der Waals surface area contributed by atoms with Crippen LogP contribution in [0.25, 0.3) is 0 Å². The molecule has 1 aliphatic heterocycles. The number of hydrogen-bond acceptors (Lipinski definition) is 7. The summed E-state index contributed by atoms with van der Waals surface area (Å²) in [6.45, 7) is 9.35. The highest BCUT2D eigenvalue weighted by atomic mass is 32.2. The number of rotatable bonds is 7. The highest BCUT2D eigenvalue weighted by Gasteiger charge is 2.37. The van der Waals surface area contributed by atoms with E-state index in [4.69, 9.17) is 9.26 Å². The maximum Gasteiger partial charge on any atom is 0.311 e. The highest BCUT2D eigenvalue weighted by molar-refractivity contribution is 7.89. The first-order chi connectivity index (χ1) is 13.0. The Kier molecular flexibility index (Phi) is 7.22. The summed E-state index contributed by atoms with van der Waals surface area (Å²) in [5, 5.41) is 6.42. The van der Waals surface area contributed by atoms with Crippen molar-refractivity contribution in [2.24, 2.45) is 11.8 Å². The van der Waals surface area contributed by atoms with Gasteiger partial charge in [0, 0.05) is 19.6 Å². The molecule has 2 heterocycles. The molecule has 9 nitrogen and oxygen atoms in total. The van der Waals surface area contributed by atoms with Gasteiger partial charge in [-0.25, -0.2) is 8.42 Å². The first-order valence-electron chi connectivity index (χ1n) is 9.45. The molecule has 0 spiro atoms. The Hall–Kier alpha value is -1.94. The first kappa shape index (κ1) is 22.4. The standard InChI is InChI=1S/C18H29N3O6S/c1-11(2)9-19-17(22)14(5)26-18(23)15-7-6-8-21(10-15)28(24,25)16-12(3)20-27-13(16)4/h11,14-15H,6-10H2,1-5H3,(H,19,22). The molecule has 0 bridgehead atoms. The summed E-state index contributed by atoms with van der Waals surface area (Å²) in [5.74, 6) is -1.04. The second-order valence-corrected chi connectivity index (χ2v) is 9.45. The van der Waals surface area contributed by atoms with Crippen LogP contribution < -0.4 is 5.32 Å². The van der Waals surface area contributed by atoms with Crippen LogP contribution in [0.1, 0.15) is 45.1 Å². The van der Waals surface area contributed by atoms with Gasteiger partial charge < -0.3 is 14.6 Å². The monoisotopic (exact) mass is 415 g/mol. The number of amides is 1. The van der Waals surface area contributed by atoms with Crippen molar-refractivity contribution in [1.29, 1.82) is 0 Å². The van der Waals surface area contributed by atoms with E-state index >= 15 is 0 Å². The summed E-state index contributed by atoms with van der Waals surface area (Å²) in [6.07, 6.45) is 0.101. The summed E-state index contributed by atoms with van der Waals surface area (Å²) in [6, 6.07) is 0.